The minimum absolute atomic E-state index is 0.341. The van der Waals surface area contributed by atoms with E-state index in [2.05, 4.69) is 5.32 Å². The van der Waals surface area contributed by atoms with Gasteiger partial charge in [0.1, 0.15) is 0 Å². The number of nitrogens with one attached hydrogen (secondary N) is 1. The Morgan fingerprint density at radius 2 is 2.31 bits per heavy atom. The molecule has 3 heteroatoms. The van der Waals surface area contributed by atoms with Crippen molar-refractivity contribution in [1.29, 1.82) is 0 Å². The van der Waals surface area contributed by atoms with Gasteiger partial charge in [-0.2, -0.15) is 0 Å². The first kappa shape index (κ1) is 8.85. The Kier molecular flexibility index (Phi) is 2.18. The molecule has 1 aliphatic rings. The molecule has 1 aromatic carbocycles. The molecule has 2 nitrogen and oxygen atoms in total. The zero-order valence-electron chi connectivity index (χ0n) is 7.47. The number of benzene rings is 1. The second kappa shape index (κ2) is 3.20. The Morgan fingerprint density at radius 1 is 1.54 bits per heavy atom. The van der Waals surface area contributed by atoms with Gasteiger partial charge in [-0.25, -0.2) is 0 Å². The third-order valence-electron chi connectivity index (χ3n) is 2.42. The molecule has 70 valence electrons. The number of fused-ring (bicyclic) bond motifs is 1. The maximum absolute atomic E-state index is 9.69. The molecule has 2 rings (SSSR count). The number of anilines is 1. The lowest BCUT2D eigenvalue weighted by atomic mass is 9.98. The molecule has 0 spiro atoms. The molecule has 2 N–H and O–H groups in total. The van der Waals surface area contributed by atoms with Crippen LogP contribution >= 0.6 is 11.6 Å². The molecule has 1 unspecified atom stereocenters. The first-order valence-electron chi connectivity index (χ1n) is 4.40. The van der Waals surface area contributed by atoms with Crippen molar-refractivity contribution in [3.63, 3.8) is 0 Å². The first-order chi connectivity index (χ1) is 6.18. The van der Waals surface area contributed by atoms with Crippen LogP contribution in [0.2, 0.25) is 5.02 Å². The van der Waals surface area contributed by atoms with Gasteiger partial charge >= 0.3 is 0 Å². The van der Waals surface area contributed by atoms with Crippen LogP contribution in [0.1, 0.15) is 23.7 Å². The lowest BCUT2D eigenvalue weighted by Crippen LogP contribution is -2.16. The molecule has 0 saturated carbocycles. The van der Waals surface area contributed by atoms with Crippen LogP contribution in [0.3, 0.4) is 0 Å². The van der Waals surface area contributed by atoms with Crippen molar-refractivity contribution in [3.05, 3.63) is 28.3 Å². The standard InChI is InChI=1S/C10H12ClNO/c1-6-4-7-9(5-8(6)11)12-3-2-10(7)13/h4-5,10,12-13H,2-3H2,1H3. The Morgan fingerprint density at radius 3 is 3.08 bits per heavy atom. The fourth-order valence-electron chi connectivity index (χ4n) is 1.63. The number of aryl methyl sites for hydroxylation is 1. The summed E-state index contributed by atoms with van der Waals surface area (Å²) >= 11 is 5.97. The number of hydrogen-bond donors (Lipinski definition) is 2. The predicted molar refractivity (Wildman–Crippen MR) is 54.3 cm³/mol. The average Bonchev–Trinajstić information content (AvgIpc) is 2.09. The Balaban J connectivity index is 2.52. The highest BCUT2D eigenvalue weighted by Gasteiger charge is 2.18. The minimum Gasteiger partial charge on any atom is -0.388 e. The highest BCUT2D eigenvalue weighted by molar-refractivity contribution is 6.31. The molecular formula is C10H12ClNO. The summed E-state index contributed by atoms with van der Waals surface area (Å²) in [6.45, 7) is 2.76. The van der Waals surface area contributed by atoms with Crippen molar-refractivity contribution >= 4 is 17.3 Å². The van der Waals surface area contributed by atoms with E-state index in [0.29, 0.717) is 0 Å². The van der Waals surface area contributed by atoms with E-state index in [4.69, 9.17) is 11.6 Å². The molecule has 1 aliphatic heterocycles. The van der Waals surface area contributed by atoms with Crippen LogP contribution in [0.25, 0.3) is 0 Å². The number of hydrogen-bond acceptors (Lipinski definition) is 2. The van der Waals surface area contributed by atoms with Crippen molar-refractivity contribution in [2.45, 2.75) is 19.4 Å². The second-order valence-electron chi connectivity index (χ2n) is 3.42. The van der Waals surface area contributed by atoms with E-state index in [9.17, 15) is 5.11 Å². The summed E-state index contributed by atoms with van der Waals surface area (Å²) in [5.41, 5.74) is 2.95. The van der Waals surface area contributed by atoms with Gasteiger partial charge < -0.3 is 10.4 Å². The molecule has 0 aromatic heterocycles. The van der Waals surface area contributed by atoms with Crippen LogP contribution in [0, 0.1) is 6.92 Å². The maximum Gasteiger partial charge on any atom is 0.0826 e. The summed E-state index contributed by atoms with van der Waals surface area (Å²) in [5.74, 6) is 0. The van der Waals surface area contributed by atoms with Crippen molar-refractivity contribution in [2.75, 3.05) is 11.9 Å². The SMILES string of the molecule is Cc1cc2c(cc1Cl)NCCC2O. The Labute approximate surface area is 82.5 Å². The summed E-state index contributed by atoms with van der Waals surface area (Å²) < 4.78 is 0. The molecule has 0 amide bonds. The fraction of sp³-hybridized carbons (Fsp3) is 0.400. The van der Waals surface area contributed by atoms with Crippen LogP contribution < -0.4 is 5.32 Å². The molecule has 1 aromatic rings. The Bertz CT molecular complexity index is 338. The van der Waals surface area contributed by atoms with E-state index in [1.54, 1.807) is 0 Å². The molecule has 13 heavy (non-hydrogen) atoms. The minimum atomic E-state index is -0.341. The molecule has 0 fully saturated rings. The van der Waals surface area contributed by atoms with Gasteiger partial charge in [-0.3, -0.25) is 0 Å². The third kappa shape index (κ3) is 1.52. The van der Waals surface area contributed by atoms with E-state index in [-0.39, 0.29) is 6.10 Å². The molecule has 1 heterocycles. The van der Waals surface area contributed by atoms with Gasteiger partial charge in [-0.15, -0.1) is 0 Å². The molecule has 0 bridgehead atoms. The van der Waals surface area contributed by atoms with Crippen molar-refractivity contribution in [1.82, 2.24) is 0 Å². The molecule has 0 aliphatic carbocycles. The van der Waals surface area contributed by atoms with Gasteiger partial charge in [0.2, 0.25) is 0 Å². The van der Waals surface area contributed by atoms with Gasteiger partial charge in [0.25, 0.3) is 0 Å². The molecule has 0 radical (unpaired) electrons. The summed E-state index contributed by atoms with van der Waals surface area (Å²) in [6.07, 6.45) is 0.431. The number of rotatable bonds is 0. The molecular weight excluding hydrogens is 186 g/mol. The van der Waals surface area contributed by atoms with E-state index < -0.39 is 0 Å². The number of halogens is 1. The van der Waals surface area contributed by atoms with E-state index in [1.807, 2.05) is 19.1 Å². The van der Waals surface area contributed by atoms with Crippen LogP contribution in [-0.2, 0) is 0 Å². The fourth-order valence-corrected chi connectivity index (χ4v) is 1.80. The average molecular weight is 198 g/mol. The molecule has 0 saturated heterocycles. The largest absolute Gasteiger partial charge is 0.388 e. The summed E-state index contributed by atoms with van der Waals surface area (Å²) in [4.78, 5) is 0. The van der Waals surface area contributed by atoms with Gasteiger partial charge in [-0.05, 0) is 31.0 Å². The van der Waals surface area contributed by atoms with Crippen molar-refractivity contribution in [2.24, 2.45) is 0 Å². The highest BCUT2D eigenvalue weighted by atomic mass is 35.5. The Hall–Kier alpha value is -0.730. The van der Waals surface area contributed by atoms with E-state index >= 15 is 0 Å². The summed E-state index contributed by atoms with van der Waals surface area (Å²) in [5, 5.41) is 13.7. The predicted octanol–water partition coefficient (Wildman–Crippen LogP) is 2.50. The third-order valence-corrected chi connectivity index (χ3v) is 2.83. The molecule has 1 atom stereocenters. The van der Waals surface area contributed by atoms with Crippen LogP contribution in [0.5, 0.6) is 0 Å². The number of aliphatic hydroxyl groups excluding tert-OH is 1. The maximum atomic E-state index is 9.69. The van der Waals surface area contributed by atoms with E-state index in [1.165, 1.54) is 0 Å². The van der Waals surface area contributed by atoms with Crippen LogP contribution in [-0.4, -0.2) is 11.7 Å². The van der Waals surface area contributed by atoms with Gasteiger partial charge in [-0.1, -0.05) is 11.6 Å². The smallest absolute Gasteiger partial charge is 0.0826 e. The highest BCUT2D eigenvalue weighted by Crippen LogP contribution is 2.33. The first-order valence-corrected chi connectivity index (χ1v) is 4.78. The normalized spacial score (nSPS) is 20.7. The monoisotopic (exact) mass is 197 g/mol. The van der Waals surface area contributed by atoms with Crippen molar-refractivity contribution in [3.8, 4) is 0 Å². The van der Waals surface area contributed by atoms with E-state index in [0.717, 1.165) is 34.8 Å². The second-order valence-corrected chi connectivity index (χ2v) is 3.83. The number of aliphatic hydroxyl groups is 1. The quantitative estimate of drug-likeness (QED) is 0.670. The zero-order chi connectivity index (χ0) is 9.42. The van der Waals surface area contributed by atoms with Gasteiger partial charge in [0.15, 0.2) is 0 Å². The lowest BCUT2D eigenvalue weighted by molar-refractivity contribution is 0.168. The summed E-state index contributed by atoms with van der Waals surface area (Å²) in [6, 6.07) is 3.84. The van der Waals surface area contributed by atoms with Crippen LogP contribution in [0.15, 0.2) is 12.1 Å². The van der Waals surface area contributed by atoms with Gasteiger partial charge in [0.05, 0.1) is 6.10 Å². The topological polar surface area (TPSA) is 32.3 Å². The summed E-state index contributed by atoms with van der Waals surface area (Å²) in [7, 11) is 0. The van der Waals surface area contributed by atoms with Crippen LogP contribution in [0.4, 0.5) is 5.69 Å². The lowest BCUT2D eigenvalue weighted by Gasteiger charge is -2.23. The van der Waals surface area contributed by atoms with Crippen molar-refractivity contribution < 1.29 is 5.11 Å². The zero-order valence-corrected chi connectivity index (χ0v) is 8.23. The van der Waals surface area contributed by atoms with Gasteiger partial charge in [0, 0.05) is 22.8 Å².